The van der Waals surface area contributed by atoms with Crippen LogP contribution < -0.4 is 10.1 Å². The molecule has 0 aliphatic heterocycles. The number of rotatable bonds is 7. The number of nitrogens with one attached hydrogen (secondary N) is 1. The summed E-state index contributed by atoms with van der Waals surface area (Å²) in [6.45, 7) is 3.43. The van der Waals surface area contributed by atoms with Gasteiger partial charge < -0.3 is 10.1 Å². The number of hydrogen-bond acceptors (Lipinski definition) is 3. The van der Waals surface area contributed by atoms with E-state index in [1.807, 2.05) is 24.3 Å². The van der Waals surface area contributed by atoms with Crippen LogP contribution in [0.15, 0.2) is 48.8 Å². The van der Waals surface area contributed by atoms with Gasteiger partial charge in [-0.2, -0.15) is 0 Å². The summed E-state index contributed by atoms with van der Waals surface area (Å²) in [4.78, 5) is 15.7. The second-order valence-corrected chi connectivity index (χ2v) is 4.73. The summed E-state index contributed by atoms with van der Waals surface area (Å²) in [6, 6.07) is 11.4. The van der Waals surface area contributed by atoms with Crippen molar-refractivity contribution in [3.8, 4) is 5.75 Å². The second kappa shape index (κ2) is 8.04. The fourth-order valence-electron chi connectivity index (χ4n) is 1.90. The van der Waals surface area contributed by atoms with E-state index in [0.717, 1.165) is 25.2 Å². The number of nitrogens with zero attached hydrogens (tertiary/aromatic N) is 1. The highest BCUT2D eigenvalue weighted by Crippen LogP contribution is 2.12. The largest absolute Gasteiger partial charge is 0.494 e. The zero-order chi connectivity index (χ0) is 14.9. The highest BCUT2D eigenvalue weighted by Gasteiger charge is 2.03. The fourth-order valence-corrected chi connectivity index (χ4v) is 1.90. The molecular weight excluding hydrogens is 264 g/mol. The highest BCUT2D eigenvalue weighted by molar-refractivity contribution is 5.93. The van der Waals surface area contributed by atoms with E-state index < -0.39 is 0 Å². The second-order valence-electron chi connectivity index (χ2n) is 4.73. The van der Waals surface area contributed by atoms with Crippen molar-refractivity contribution in [2.45, 2.75) is 19.8 Å². The molecule has 110 valence electrons. The Balaban J connectivity index is 1.77. The number of carbonyl (C=O) groups is 1. The Kier molecular flexibility index (Phi) is 5.76. The van der Waals surface area contributed by atoms with Crippen LogP contribution in [0.1, 0.15) is 29.3 Å². The van der Waals surface area contributed by atoms with Gasteiger partial charge in [-0.25, -0.2) is 0 Å². The lowest BCUT2D eigenvalue weighted by atomic mass is 10.1. The Labute approximate surface area is 125 Å². The standard InChI is InChI=1S/C17H20N2O2/c1-2-13-21-16-5-3-14(4-6-16)7-12-19-17(20)15-8-10-18-11-9-15/h3-6,8-11H,2,7,12-13H2,1H3,(H,19,20). The average molecular weight is 284 g/mol. The lowest BCUT2D eigenvalue weighted by Crippen LogP contribution is -2.25. The maximum atomic E-state index is 11.8. The number of carbonyl (C=O) groups excluding carboxylic acids is 1. The molecule has 0 bridgehead atoms. The molecule has 4 nitrogen and oxygen atoms in total. The molecule has 1 aromatic heterocycles. The first-order chi connectivity index (χ1) is 10.3. The highest BCUT2D eigenvalue weighted by atomic mass is 16.5. The average Bonchev–Trinajstić information content (AvgIpc) is 2.55. The number of ether oxygens (including phenoxy) is 1. The predicted octanol–water partition coefficient (Wildman–Crippen LogP) is 2.84. The molecule has 0 saturated carbocycles. The Hall–Kier alpha value is -2.36. The molecule has 4 heteroatoms. The molecule has 1 amide bonds. The van der Waals surface area contributed by atoms with Gasteiger partial charge >= 0.3 is 0 Å². The van der Waals surface area contributed by atoms with Crippen LogP contribution in [0.2, 0.25) is 0 Å². The van der Waals surface area contributed by atoms with Gasteiger partial charge in [-0.3, -0.25) is 9.78 Å². The van der Waals surface area contributed by atoms with Crippen LogP contribution in [0.3, 0.4) is 0 Å². The van der Waals surface area contributed by atoms with E-state index in [0.29, 0.717) is 12.1 Å². The minimum Gasteiger partial charge on any atom is -0.494 e. The molecule has 1 aromatic carbocycles. The first kappa shape index (κ1) is 15.0. The minimum atomic E-state index is -0.0692. The Morgan fingerprint density at radius 1 is 1.14 bits per heavy atom. The molecule has 2 rings (SSSR count). The van der Waals surface area contributed by atoms with Gasteiger partial charge in [-0.15, -0.1) is 0 Å². The summed E-state index contributed by atoms with van der Waals surface area (Å²) >= 11 is 0. The van der Waals surface area contributed by atoms with Gasteiger partial charge in [0.05, 0.1) is 6.61 Å². The molecule has 0 aliphatic rings. The number of benzene rings is 1. The summed E-state index contributed by atoms with van der Waals surface area (Å²) in [5.41, 5.74) is 1.81. The van der Waals surface area contributed by atoms with Gasteiger partial charge in [-0.1, -0.05) is 19.1 Å². The molecule has 0 saturated heterocycles. The van der Waals surface area contributed by atoms with Crippen LogP contribution >= 0.6 is 0 Å². The first-order valence-electron chi connectivity index (χ1n) is 7.19. The van der Waals surface area contributed by atoms with Crippen LogP contribution in [0.25, 0.3) is 0 Å². The van der Waals surface area contributed by atoms with Crippen LogP contribution in [-0.4, -0.2) is 24.0 Å². The van der Waals surface area contributed by atoms with E-state index in [4.69, 9.17) is 4.74 Å². The fraction of sp³-hybridized carbons (Fsp3) is 0.294. The predicted molar refractivity (Wildman–Crippen MR) is 82.5 cm³/mol. The third-order valence-electron chi connectivity index (χ3n) is 3.04. The molecule has 0 fully saturated rings. The van der Waals surface area contributed by atoms with E-state index in [1.54, 1.807) is 24.5 Å². The number of aromatic nitrogens is 1. The molecule has 21 heavy (non-hydrogen) atoms. The number of hydrogen-bond donors (Lipinski definition) is 1. The van der Waals surface area contributed by atoms with Gasteiger partial charge in [0.25, 0.3) is 5.91 Å². The van der Waals surface area contributed by atoms with Crippen molar-refractivity contribution in [2.75, 3.05) is 13.2 Å². The van der Waals surface area contributed by atoms with Crippen molar-refractivity contribution >= 4 is 5.91 Å². The Morgan fingerprint density at radius 2 is 1.86 bits per heavy atom. The van der Waals surface area contributed by atoms with Gasteiger partial charge in [-0.05, 0) is 42.7 Å². The molecule has 0 radical (unpaired) electrons. The third kappa shape index (κ3) is 4.91. The van der Waals surface area contributed by atoms with Gasteiger partial charge in [0.1, 0.15) is 5.75 Å². The molecule has 0 atom stereocenters. The smallest absolute Gasteiger partial charge is 0.251 e. The topological polar surface area (TPSA) is 51.2 Å². The van der Waals surface area contributed by atoms with Crippen molar-refractivity contribution in [1.82, 2.24) is 10.3 Å². The SMILES string of the molecule is CCCOc1ccc(CCNC(=O)c2ccncc2)cc1. The van der Waals surface area contributed by atoms with E-state index in [2.05, 4.69) is 17.2 Å². The van der Waals surface area contributed by atoms with Crippen LogP contribution in [0.4, 0.5) is 0 Å². The molecule has 0 aliphatic carbocycles. The number of pyridine rings is 1. The Morgan fingerprint density at radius 3 is 2.52 bits per heavy atom. The van der Waals surface area contributed by atoms with Crippen molar-refractivity contribution in [2.24, 2.45) is 0 Å². The zero-order valence-corrected chi connectivity index (χ0v) is 12.2. The van der Waals surface area contributed by atoms with Gasteiger partial charge in [0.2, 0.25) is 0 Å². The lowest BCUT2D eigenvalue weighted by molar-refractivity contribution is 0.0954. The maximum Gasteiger partial charge on any atom is 0.251 e. The van der Waals surface area contributed by atoms with Crippen LogP contribution in [0, 0.1) is 0 Å². The molecule has 0 spiro atoms. The van der Waals surface area contributed by atoms with E-state index in [-0.39, 0.29) is 5.91 Å². The third-order valence-corrected chi connectivity index (χ3v) is 3.04. The van der Waals surface area contributed by atoms with Crippen molar-refractivity contribution in [3.63, 3.8) is 0 Å². The molecule has 1 N–H and O–H groups in total. The molecular formula is C17H20N2O2. The quantitative estimate of drug-likeness (QED) is 0.850. The zero-order valence-electron chi connectivity index (χ0n) is 12.2. The first-order valence-corrected chi connectivity index (χ1v) is 7.19. The maximum absolute atomic E-state index is 11.8. The number of amides is 1. The monoisotopic (exact) mass is 284 g/mol. The van der Waals surface area contributed by atoms with Gasteiger partial charge in [0, 0.05) is 24.5 Å². The Bertz CT molecular complexity index is 553. The summed E-state index contributed by atoms with van der Waals surface area (Å²) < 4.78 is 5.54. The summed E-state index contributed by atoms with van der Waals surface area (Å²) in [5.74, 6) is 0.821. The summed E-state index contributed by atoms with van der Waals surface area (Å²) in [5, 5.41) is 2.90. The normalized spacial score (nSPS) is 10.1. The van der Waals surface area contributed by atoms with E-state index >= 15 is 0 Å². The minimum absolute atomic E-state index is 0.0692. The molecule has 2 aromatic rings. The van der Waals surface area contributed by atoms with Crippen LogP contribution in [-0.2, 0) is 6.42 Å². The van der Waals surface area contributed by atoms with E-state index in [9.17, 15) is 4.79 Å². The van der Waals surface area contributed by atoms with E-state index in [1.165, 1.54) is 5.56 Å². The van der Waals surface area contributed by atoms with Gasteiger partial charge in [0.15, 0.2) is 0 Å². The summed E-state index contributed by atoms with van der Waals surface area (Å²) in [6.07, 6.45) is 5.03. The van der Waals surface area contributed by atoms with Crippen molar-refractivity contribution in [1.29, 1.82) is 0 Å². The lowest BCUT2D eigenvalue weighted by Gasteiger charge is -2.07. The summed E-state index contributed by atoms with van der Waals surface area (Å²) in [7, 11) is 0. The van der Waals surface area contributed by atoms with Crippen molar-refractivity contribution in [3.05, 3.63) is 59.9 Å². The molecule has 0 unspecified atom stereocenters. The van der Waals surface area contributed by atoms with Crippen LogP contribution in [0.5, 0.6) is 5.75 Å². The van der Waals surface area contributed by atoms with Crippen molar-refractivity contribution < 1.29 is 9.53 Å². The molecule has 1 heterocycles.